The van der Waals surface area contributed by atoms with Gasteiger partial charge in [-0.3, -0.25) is 0 Å². The molecule has 0 aromatic heterocycles. The molecule has 1 aromatic carbocycles. The van der Waals surface area contributed by atoms with Gasteiger partial charge >= 0.3 is 0 Å². The predicted octanol–water partition coefficient (Wildman–Crippen LogP) is 2.64. The van der Waals surface area contributed by atoms with Crippen LogP contribution in [-0.2, 0) is 4.74 Å². The second kappa shape index (κ2) is 5.60. The van der Waals surface area contributed by atoms with E-state index in [0.717, 1.165) is 18.6 Å². The first kappa shape index (κ1) is 10.1. The first-order valence-electron chi connectivity index (χ1n) is 4.53. The molecule has 1 radical (unpaired) electrons. The van der Waals surface area contributed by atoms with Crippen molar-refractivity contribution in [3.63, 3.8) is 0 Å². The maximum atomic E-state index is 5.53. The lowest BCUT2D eigenvalue weighted by atomic mass is 10.3. The van der Waals surface area contributed by atoms with Crippen LogP contribution in [0.1, 0.15) is 19.8 Å². The third-order valence-electron chi connectivity index (χ3n) is 1.73. The fourth-order valence-corrected chi connectivity index (χ4v) is 1.05. The Hall–Kier alpha value is -1.02. The molecule has 0 saturated carbocycles. The maximum Gasteiger partial charge on any atom is 0.199 e. The van der Waals surface area contributed by atoms with E-state index in [-0.39, 0.29) is 6.29 Å². The van der Waals surface area contributed by atoms with Gasteiger partial charge in [0.1, 0.15) is 5.75 Å². The van der Waals surface area contributed by atoms with E-state index in [4.69, 9.17) is 9.47 Å². The van der Waals surface area contributed by atoms with Crippen LogP contribution in [-0.4, -0.2) is 13.4 Å². The van der Waals surface area contributed by atoms with Gasteiger partial charge in [-0.1, -0.05) is 31.5 Å². The average Bonchev–Trinajstić information content (AvgIpc) is 2.19. The van der Waals surface area contributed by atoms with Gasteiger partial charge in [-0.2, -0.15) is 0 Å². The second-order valence-corrected chi connectivity index (χ2v) is 2.80. The van der Waals surface area contributed by atoms with Gasteiger partial charge in [-0.05, 0) is 6.07 Å². The van der Waals surface area contributed by atoms with Crippen molar-refractivity contribution < 1.29 is 9.47 Å². The Kier molecular flexibility index (Phi) is 4.33. The van der Waals surface area contributed by atoms with E-state index in [1.165, 1.54) is 0 Å². The first-order chi connectivity index (χ1) is 6.36. The van der Waals surface area contributed by atoms with E-state index in [9.17, 15) is 0 Å². The summed E-state index contributed by atoms with van der Waals surface area (Å²) >= 11 is 0. The van der Waals surface area contributed by atoms with Gasteiger partial charge in [0.15, 0.2) is 6.29 Å². The lowest BCUT2D eigenvalue weighted by Gasteiger charge is -2.16. The van der Waals surface area contributed by atoms with E-state index in [1.54, 1.807) is 7.11 Å². The molecule has 0 fully saturated rings. The summed E-state index contributed by atoms with van der Waals surface area (Å²) in [5.41, 5.74) is 0. The number of hydrogen-bond acceptors (Lipinski definition) is 2. The van der Waals surface area contributed by atoms with Crippen molar-refractivity contribution in [2.45, 2.75) is 26.1 Å². The Morgan fingerprint density at radius 1 is 1.46 bits per heavy atom. The van der Waals surface area contributed by atoms with Crippen molar-refractivity contribution in [3.8, 4) is 5.75 Å². The molecule has 0 spiro atoms. The zero-order chi connectivity index (χ0) is 9.52. The molecular formula is C11H15O2. The van der Waals surface area contributed by atoms with E-state index in [2.05, 4.69) is 13.0 Å². The minimum Gasteiger partial charge on any atom is -0.464 e. The molecule has 1 rings (SSSR count). The maximum absolute atomic E-state index is 5.53. The number of hydrogen-bond donors (Lipinski definition) is 0. The van der Waals surface area contributed by atoms with Crippen LogP contribution in [0.25, 0.3) is 0 Å². The Bertz CT molecular complexity index is 221. The normalized spacial score (nSPS) is 12.5. The Balaban J connectivity index is 2.46. The van der Waals surface area contributed by atoms with E-state index >= 15 is 0 Å². The Labute approximate surface area is 79.5 Å². The molecule has 0 aliphatic heterocycles. The molecule has 1 aromatic rings. The zero-order valence-electron chi connectivity index (χ0n) is 8.12. The van der Waals surface area contributed by atoms with Gasteiger partial charge in [-0.25, -0.2) is 0 Å². The molecular weight excluding hydrogens is 164 g/mol. The van der Waals surface area contributed by atoms with E-state index in [1.807, 2.05) is 24.3 Å². The van der Waals surface area contributed by atoms with Gasteiger partial charge in [0.25, 0.3) is 0 Å². The van der Waals surface area contributed by atoms with E-state index < -0.39 is 0 Å². The van der Waals surface area contributed by atoms with Gasteiger partial charge in [0, 0.05) is 19.6 Å². The first-order valence-corrected chi connectivity index (χ1v) is 4.53. The zero-order valence-corrected chi connectivity index (χ0v) is 8.12. The summed E-state index contributed by atoms with van der Waals surface area (Å²) in [6, 6.07) is 10.5. The van der Waals surface area contributed by atoms with Crippen molar-refractivity contribution in [1.82, 2.24) is 0 Å². The minimum absolute atomic E-state index is 0.149. The van der Waals surface area contributed by atoms with Crippen LogP contribution >= 0.6 is 0 Å². The van der Waals surface area contributed by atoms with Crippen LogP contribution in [0.2, 0.25) is 0 Å². The lowest BCUT2D eigenvalue weighted by molar-refractivity contribution is -0.0585. The smallest absolute Gasteiger partial charge is 0.199 e. The topological polar surface area (TPSA) is 18.5 Å². The van der Waals surface area contributed by atoms with Crippen LogP contribution in [0.3, 0.4) is 0 Å². The molecule has 2 nitrogen and oxygen atoms in total. The van der Waals surface area contributed by atoms with Gasteiger partial charge < -0.3 is 9.47 Å². The predicted molar refractivity (Wildman–Crippen MR) is 51.6 cm³/mol. The van der Waals surface area contributed by atoms with Crippen LogP contribution in [0.4, 0.5) is 0 Å². The highest BCUT2D eigenvalue weighted by atomic mass is 16.7. The summed E-state index contributed by atoms with van der Waals surface area (Å²) in [5.74, 6) is 0.739. The van der Waals surface area contributed by atoms with Crippen molar-refractivity contribution in [2.75, 3.05) is 7.11 Å². The summed E-state index contributed by atoms with van der Waals surface area (Å²) in [5, 5.41) is 0. The van der Waals surface area contributed by atoms with Crippen molar-refractivity contribution >= 4 is 0 Å². The molecule has 13 heavy (non-hydrogen) atoms. The lowest BCUT2D eigenvalue weighted by Crippen LogP contribution is -2.18. The molecule has 1 unspecified atom stereocenters. The Morgan fingerprint density at radius 3 is 2.85 bits per heavy atom. The van der Waals surface area contributed by atoms with Crippen LogP contribution in [0.15, 0.2) is 24.3 Å². The molecule has 0 aliphatic rings. The summed E-state index contributed by atoms with van der Waals surface area (Å²) in [6.45, 7) is 2.10. The standard InChI is InChI=1S/C11H15O2/c1-3-7-11(12-2)13-10-8-5-4-6-9-10/h4-6,8,11H,3,7H2,1-2H3. The molecule has 0 aliphatic carbocycles. The third-order valence-corrected chi connectivity index (χ3v) is 1.73. The molecule has 0 bridgehead atoms. The molecule has 0 saturated heterocycles. The SMILES string of the molecule is CCCC(OC)Oc1[c]cccc1. The van der Waals surface area contributed by atoms with Crippen LogP contribution in [0.5, 0.6) is 5.75 Å². The fraction of sp³-hybridized carbons (Fsp3) is 0.455. The number of ether oxygens (including phenoxy) is 2. The largest absolute Gasteiger partial charge is 0.464 e. The highest BCUT2D eigenvalue weighted by Crippen LogP contribution is 2.12. The molecule has 0 heterocycles. The number of rotatable bonds is 5. The highest BCUT2D eigenvalue weighted by molar-refractivity contribution is 5.19. The monoisotopic (exact) mass is 179 g/mol. The number of benzene rings is 1. The van der Waals surface area contributed by atoms with Gasteiger partial charge in [-0.15, -0.1) is 0 Å². The number of para-hydroxylation sites is 1. The minimum atomic E-state index is -0.149. The summed E-state index contributed by atoms with van der Waals surface area (Å²) in [6.07, 6.45) is 1.80. The summed E-state index contributed by atoms with van der Waals surface area (Å²) in [7, 11) is 1.66. The molecule has 0 amide bonds. The Morgan fingerprint density at radius 2 is 2.31 bits per heavy atom. The summed E-state index contributed by atoms with van der Waals surface area (Å²) in [4.78, 5) is 0. The highest BCUT2D eigenvalue weighted by Gasteiger charge is 2.06. The van der Waals surface area contributed by atoms with E-state index in [0.29, 0.717) is 0 Å². The van der Waals surface area contributed by atoms with Crippen molar-refractivity contribution in [1.29, 1.82) is 0 Å². The average molecular weight is 179 g/mol. The third kappa shape index (κ3) is 3.47. The summed E-state index contributed by atoms with van der Waals surface area (Å²) < 4.78 is 10.7. The fourth-order valence-electron chi connectivity index (χ4n) is 1.05. The van der Waals surface area contributed by atoms with Crippen LogP contribution < -0.4 is 4.74 Å². The number of methoxy groups -OCH3 is 1. The molecule has 0 N–H and O–H groups in total. The molecule has 71 valence electrons. The van der Waals surface area contributed by atoms with Crippen molar-refractivity contribution in [3.05, 3.63) is 30.3 Å². The van der Waals surface area contributed by atoms with Gasteiger partial charge in [0.05, 0.1) is 0 Å². The second-order valence-electron chi connectivity index (χ2n) is 2.80. The molecule has 2 heteroatoms. The molecule has 1 atom stereocenters. The van der Waals surface area contributed by atoms with Gasteiger partial charge in [0.2, 0.25) is 0 Å². The quantitative estimate of drug-likeness (QED) is 0.647. The van der Waals surface area contributed by atoms with Crippen LogP contribution in [0, 0.1) is 6.07 Å². The van der Waals surface area contributed by atoms with Crippen molar-refractivity contribution in [2.24, 2.45) is 0 Å².